The van der Waals surface area contributed by atoms with E-state index >= 15 is 0 Å². The summed E-state index contributed by atoms with van der Waals surface area (Å²) in [6.07, 6.45) is 2.79. The summed E-state index contributed by atoms with van der Waals surface area (Å²) >= 11 is 0. The lowest BCUT2D eigenvalue weighted by molar-refractivity contribution is 0.105. The SMILES string of the molecule is CN1Cc2ccccc2C2CCC21. The van der Waals surface area contributed by atoms with Crippen molar-refractivity contribution in [2.45, 2.75) is 31.3 Å². The van der Waals surface area contributed by atoms with Gasteiger partial charge in [-0.15, -0.1) is 0 Å². The molecule has 1 fully saturated rings. The molecule has 0 saturated heterocycles. The molecule has 3 rings (SSSR count). The van der Waals surface area contributed by atoms with Crippen molar-refractivity contribution >= 4 is 0 Å². The second kappa shape index (κ2) is 2.58. The fourth-order valence-electron chi connectivity index (χ4n) is 2.80. The van der Waals surface area contributed by atoms with Crippen molar-refractivity contribution in [2.75, 3.05) is 7.05 Å². The van der Waals surface area contributed by atoms with E-state index in [-0.39, 0.29) is 0 Å². The highest BCUT2D eigenvalue weighted by molar-refractivity contribution is 5.35. The molecule has 2 unspecified atom stereocenters. The first-order valence-electron chi connectivity index (χ1n) is 5.14. The van der Waals surface area contributed by atoms with Gasteiger partial charge in [0.05, 0.1) is 0 Å². The van der Waals surface area contributed by atoms with Gasteiger partial charge >= 0.3 is 0 Å². The third-order valence-electron chi connectivity index (χ3n) is 3.68. The van der Waals surface area contributed by atoms with Crippen LogP contribution < -0.4 is 0 Å². The fraction of sp³-hybridized carbons (Fsp3) is 0.500. The zero-order valence-corrected chi connectivity index (χ0v) is 8.03. The zero-order chi connectivity index (χ0) is 8.84. The van der Waals surface area contributed by atoms with Crippen molar-refractivity contribution < 1.29 is 0 Å². The molecular formula is C12H15N. The second-order valence-corrected chi connectivity index (χ2v) is 4.37. The van der Waals surface area contributed by atoms with Crippen LogP contribution in [0.1, 0.15) is 29.9 Å². The number of rotatable bonds is 0. The van der Waals surface area contributed by atoms with Gasteiger partial charge in [-0.3, -0.25) is 4.90 Å². The van der Waals surface area contributed by atoms with Gasteiger partial charge in [0.15, 0.2) is 0 Å². The van der Waals surface area contributed by atoms with Crippen LogP contribution in [-0.4, -0.2) is 18.0 Å². The number of nitrogens with zero attached hydrogens (tertiary/aromatic N) is 1. The molecule has 0 spiro atoms. The average Bonchev–Trinajstić information content (AvgIpc) is 2.04. The summed E-state index contributed by atoms with van der Waals surface area (Å²) in [5, 5.41) is 0. The number of likely N-dealkylation sites (N-methyl/N-ethyl adjacent to an activating group) is 1. The van der Waals surface area contributed by atoms with E-state index in [1.807, 2.05) is 0 Å². The van der Waals surface area contributed by atoms with Gasteiger partial charge in [0.1, 0.15) is 0 Å². The minimum absolute atomic E-state index is 0.842. The molecule has 2 aliphatic rings. The van der Waals surface area contributed by atoms with E-state index < -0.39 is 0 Å². The van der Waals surface area contributed by atoms with E-state index in [2.05, 4.69) is 36.2 Å². The Hall–Kier alpha value is -0.820. The minimum Gasteiger partial charge on any atom is -0.299 e. The molecule has 2 atom stereocenters. The van der Waals surface area contributed by atoms with Crippen LogP contribution >= 0.6 is 0 Å². The largest absolute Gasteiger partial charge is 0.299 e. The van der Waals surface area contributed by atoms with E-state index in [9.17, 15) is 0 Å². The Balaban J connectivity index is 2.07. The first-order chi connectivity index (χ1) is 6.36. The normalized spacial score (nSPS) is 31.8. The number of fused-ring (bicyclic) bond motifs is 3. The molecule has 0 aromatic heterocycles. The molecule has 13 heavy (non-hydrogen) atoms. The molecule has 1 aromatic carbocycles. The van der Waals surface area contributed by atoms with Crippen molar-refractivity contribution in [2.24, 2.45) is 0 Å². The predicted octanol–water partition coefficient (Wildman–Crippen LogP) is 2.38. The van der Waals surface area contributed by atoms with Gasteiger partial charge in [-0.1, -0.05) is 24.3 Å². The van der Waals surface area contributed by atoms with Crippen LogP contribution in [0.2, 0.25) is 0 Å². The van der Waals surface area contributed by atoms with Gasteiger partial charge in [-0.25, -0.2) is 0 Å². The molecule has 1 aromatic rings. The van der Waals surface area contributed by atoms with E-state index in [0.717, 1.165) is 18.5 Å². The first-order valence-corrected chi connectivity index (χ1v) is 5.14. The molecule has 0 radical (unpaired) electrons. The van der Waals surface area contributed by atoms with Crippen molar-refractivity contribution in [3.63, 3.8) is 0 Å². The Kier molecular flexibility index (Phi) is 1.50. The number of benzene rings is 1. The molecule has 1 nitrogen and oxygen atoms in total. The maximum absolute atomic E-state index is 2.51. The number of hydrogen-bond donors (Lipinski definition) is 0. The summed E-state index contributed by atoms with van der Waals surface area (Å²) in [6.45, 7) is 1.15. The van der Waals surface area contributed by atoms with Crippen molar-refractivity contribution in [3.05, 3.63) is 35.4 Å². The fourth-order valence-corrected chi connectivity index (χ4v) is 2.80. The summed E-state index contributed by atoms with van der Waals surface area (Å²) in [6, 6.07) is 9.78. The summed E-state index contributed by atoms with van der Waals surface area (Å²) in [7, 11) is 2.26. The maximum Gasteiger partial charge on any atom is 0.0236 e. The number of hydrogen-bond acceptors (Lipinski definition) is 1. The summed E-state index contributed by atoms with van der Waals surface area (Å²) < 4.78 is 0. The van der Waals surface area contributed by atoms with Gasteiger partial charge in [-0.2, -0.15) is 0 Å². The topological polar surface area (TPSA) is 3.24 Å². The van der Waals surface area contributed by atoms with Crippen molar-refractivity contribution in [1.82, 2.24) is 4.90 Å². The third-order valence-corrected chi connectivity index (χ3v) is 3.68. The Morgan fingerprint density at radius 2 is 2.08 bits per heavy atom. The quantitative estimate of drug-likeness (QED) is 0.582. The molecule has 1 aliphatic heterocycles. The van der Waals surface area contributed by atoms with Crippen LogP contribution in [0.3, 0.4) is 0 Å². The molecule has 1 heteroatoms. The molecule has 1 heterocycles. The molecule has 1 saturated carbocycles. The summed E-state index contributed by atoms with van der Waals surface area (Å²) in [4.78, 5) is 2.51. The highest BCUT2D eigenvalue weighted by Gasteiger charge is 2.39. The molecule has 0 N–H and O–H groups in total. The van der Waals surface area contributed by atoms with Gasteiger partial charge in [-0.05, 0) is 36.9 Å². The highest BCUT2D eigenvalue weighted by atomic mass is 15.1. The minimum atomic E-state index is 0.842. The van der Waals surface area contributed by atoms with Crippen LogP contribution in [-0.2, 0) is 6.54 Å². The lowest BCUT2D eigenvalue weighted by Crippen LogP contribution is -2.46. The van der Waals surface area contributed by atoms with Gasteiger partial charge in [0.2, 0.25) is 0 Å². The van der Waals surface area contributed by atoms with Crippen LogP contribution in [0.25, 0.3) is 0 Å². The Morgan fingerprint density at radius 1 is 1.23 bits per heavy atom. The predicted molar refractivity (Wildman–Crippen MR) is 53.7 cm³/mol. The van der Waals surface area contributed by atoms with Gasteiger partial charge in [0, 0.05) is 12.6 Å². The lowest BCUT2D eigenvalue weighted by Gasteiger charge is -2.47. The summed E-state index contributed by atoms with van der Waals surface area (Å²) in [5.41, 5.74) is 3.17. The van der Waals surface area contributed by atoms with Gasteiger partial charge < -0.3 is 0 Å². The lowest BCUT2D eigenvalue weighted by atomic mass is 9.70. The van der Waals surface area contributed by atoms with Gasteiger partial charge in [0.25, 0.3) is 0 Å². The Bertz CT molecular complexity index is 332. The third kappa shape index (κ3) is 0.969. The van der Waals surface area contributed by atoms with E-state index in [0.29, 0.717) is 0 Å². The smallest absolute Gasteiger partial charge is 0.0236 e. The summed E-state index contributed by atoms with van der Waals surface area (Å²) in [5.74, 6) is 0.843. The molecule has 0 amide bonds. The first kappa shape index (κ1) is 7.57. The van der Waals surface area contributed by atoms with Crippen LogP contribution in [0.5, 0.6) is 0 Å². The standard InChI is InChI=1S/C12H15N/c1-13-8-9-4-2-3-5-10(9)11-6-7-12(11)13/h2-5,11-12H,6-8H2,1H3. The van der Waals surface area contributed by atoms with E-state index in [1.54, 1.807) is 11.1 Å². The molecular weight excluding hydrogens is 158 g/mol. The van der Waals surface area contributed by atoms with E-state index in [1.165, 1.54) is 12.8 Å². The van der Waals surface area contributed by atoms with Crippen LogP contribution in [0, 0.1) is 0 Å². The maximum atomic E-state index is 2.51. The Morgan fingerprint density at radius 3 is 2.85 bits per heavy atom. The second-order valence-electron chi connectivity index (χ2n) is 4.37. The van der Waals surface area contributed by atoms with Crippen molar-refractivity contribution in [1.29, 1.82) is 0 Å². The Labute approximate surface area is 79.4 Å². The van der Waals surface area contributed by atoms with Crippen LogP contribution in [0.4, 0.5) is 0 Å². The monoisotopic (exact) mass is 173 g/mol. The molecule has 1 aliphatic carbocycles. The molecule has 68 valence electrons. The van der Waals surface area contributed by atoms with E-state index in [4.69, 9.17) is 0 Å². The van der Waals surface area contributed by atoms with Crippen LogP contribution in [0.15, 0.2) is 24.3 Å². The molecule has 0 bridgehead atoms. The van der Waals surface area contributed by atoms with Crippen molar-refractivity contribution in [3.8, 4) is 0 Å². The average molecular weight is 173 g/mol. The zero-order valence-electron chi connectivity index (χ0n) is 8.03. The highest BCUT2D eigenvalue weighted by Crippen LogP contribution is 2.44.